The predicted molar refractivity (Wildman–Crippen MR) is 93.0 cm³/mol. The zero-order chi connectivity index (χ0) is 17.0. The number of rotatable bonds is 5. The lowest BCUT2D eigenvalue weighted by Gasteiger charge is -2.20. The molecule has 0 saturated heterocycles. The summed E-state index contributed by atoms with van der Waals surface area (Å²) in [5.74, 6) is 1.50. The Balaban J connectivity index is 2.38. The van der Waals surface area contributed by atoms with E-state index in [-0.39, 0.29) is 5.91 Å². The fourth-order valence-electron chi connectivity index (χ4n) is 2.18. The maximum atomic E-state index is 12.8. The van der Waals surface area contributed by atoms with E-state index >= 15 is 0 Å². The number of carbonyl (C=O) groups is 1. The van der Waals surface area contributed by atoms with E-state index in [0.717, 1.165) is 4.47 Å². The fourth-order valence-corrected chi connectivity index (χ4v) is 2.54. The largest absolute Gasteiger partial charge is 0.496 e. The molecule has 6 heteroatoms. The maximum Gasteiger partial charge on any atom is 0.261 e. The second-order valence-corrected chi connectivity index (χ2v) is 5.66. The summed E-state index contributed by atoms with van der Waals surface area (Å²) in [6.45, 7) is 0. The summed E-state index contributed by atoms with van der Waals surface area (Å²) in [7, 11) is 6.36. The average molecular weight is 380 g/mol. The molecule has 122 valence electrons. The highest BCUT2D eigenvalue weighted by molar-refractivity contribution is 9.10. The van der Waals surface area contributed by atoms with Crippen LogP contribution in [0.25, 0.3) is 0 Å². The van der Waals surface area contributed by atoms with Gasteiger partial charge >= 0.3 is 0 Å². The van der Waals surface area contributed by atoms with Crippen LogP contribution in [0.3, 0.4) is 0 Å². The third kappa shape index (κ3) is 3.59. The van der Waals surface area contributed by atoms with Crippen molar-refractivity contribution in [1.29, 1.82) is 0 Å². The van der Waals surface area contributed by atoms with Crippen LogP contribution in [0.15, 0.2) is 40.9 Å². The number of methoxy groups -OCH3 is 3. The minimum atomic E-state index is -0.185. The quantitative estimate of drug-likeness (QED) is 0.793. The van der Waals surface area contributed by atoms with Gasteiger partial charge in [0, 0.05) is 23.3 Å². The third-order valence-electron chi connectivity index (χ3n) is 3.45. The molecule has 0 aromatic heterocycles. The van der Waals surface area contributed by atoms with Crippen LogP contribution in [-0.4, -0.2) is 34.3 Å². The molecule has 23 heavy (non-hydrogen) atoms. The summed E-state index contributed by atoms with van der Waals surface area (Å²) in [6, 6.07) is 10.6. The summed E-state index contributed by atoms with van der Waals surface area (Å²) in [4.78, 5) is 14.3. The van der Waals surface area contributed by atoms with Gasteiger partial charge in [-0.2, -0.15) is 0 Å². The average Bonchev–Trinajstić information content (AvgIpc) is 2.59. The van der Waals surface area contributed by atoms with Crippen LogP contribution in [-0.2, 0) is 0 Å². The van der Waals surface area contributed by atoms with Gasteiger partial charge in [0.05, 0.1) is 26.9 Å². The van der Waals surface area contributed by atoms with Gasteiger partial charge in [-0.25, -0.2) is 0 Å². The molecule has 0 saturated carbocycles. The normalized spacial score (nSPS) is 10.1. The number of hydrogen-bond acceptors (Lipinski definition) is 4. The molecular weight excluding hydrogens is 362 g/mol. The summed E-state index contributed by atoms with van der Waals surface area (Å²) in [5.41, 5.74) is 1.16. The van der Waals surface area contributed by atoms with Gasteiger partial charge in [0.2, 0.25) is 0 Å². The first kappa shape index (κ1) is 17.1. The molecule has 0 radical (unpaired) electrons. The molecule has 0 spiro atoms. The smallest absolute Gasteiger partial charge is 0.261 e. The first-order chi connectivity index (χ1) is 11.0. The van der Waals surface area contributed by atoms with Gasteiger partial charge in [-0.1, -0.05) is 15.9 Å². The third-order valence-corrected chi connectivity index (χ3v) is 3.94. The van der Waals surface area contributed by atoms with E-state index in [2.05, 4.69) is 15.9 Å². The van der Waals surface area contributed by atoms with Gasteiger partial charge in [-0.3, -0.25) is 4.79 Å². The Morgan fingerprint density at radius 2 is 1.52 bits per heavy atom. The lowest BCUT2D eigenvalue weighted by Crippen LogP contribution is -2.26. The Hall–Kier alpha value is -2.21. The van der Waals surface area contributed by atoms with Crippen molar-refractivity contribution in [3.63, 3.8) is 0 Å². The van der Waals surface area contributed by atoms with Crippen molar-refractivity contribution >= 4 is 27.5 Å². The van der Waals surface area contributed by atoms with Gasteiger partial charge < -0.3 is 19.1 Å². The first-order valence-corrected chi connectivity index (χ1v) is 7.64. The van der Waals surface area contributed by atoms with Gasteiger partial charge in [-0.15, -0.1) is 0 Å². The summed E-state index contributed by atoms with van der Waals surface area (Å²) in [5, 5.41) is 0. The fraction of sp³-hybridized carbons (Fsp3) is 0.235. The number of benzene rings is 2. The van der Waals surface area contributed by atoms with Gasteiger partial charge in [0.25, 0.3) is 5.91 Å². The van der Waals surface area contributed by atoms with Crippen LogP contribution in [0.4, 0.5) is 5.69 Å². The van der Waals surface area contributed by atoms with Crippen molar-refractivity contribution in [3.05, 3.63) is 46.4 Å². The zero-order valence-electron chi connectivity index (χ0n) is 13.4. The Kier molecular flexibility index (Phi) is 5.50. The van der Waals surface area contributed by atoms with Crippen molar-refractivity contribution in [1.82, 2.24) is 0 Å². The zero-order valence-corrected chi connectivity index (χ0v) is 15.0. The molecule has 0 N–H and O–H groups in total. The molecule has 0 aliphatic heterocycles. The van der Waals surface area contributed by atoms with E-state index in [9.17, 15) is 4.79 Å². The lowest BCUT2D eigenvalue weighted by atomic mass is 10.1. The number of nitrogens with zero attached hydrogens (tertiary/aromatic N) is 1. The van der Waals surface area contributed by atoms with E-state index in [0.29, 0.717) is 28.5 Å². The molecule has 0 aliphatic carbocycles. The molecule has 0 atom stereocenters. The number of halogens is 1. The minimum Gasteiger partial charge on any atom is -0.496 e. The molecule has 2 aromatic carbocycles. The van der Waals surface area contributed by atoms with Crippen LogP contribution in [0.2, 0.25) is 0 Å². The van der Waals surface area contributed by atoms with Gasteiger partial charge in [-0.05, 0) is 30.3 Å². The monoisotopic (exact) mass is 379 g/mol. The molecule has 0 heterocycles. The SMILES string of the molecule is COc1ccc(N(C)C(=O)c2cc(Br)ccc2OC)cc1OC. The lowest BCUT2D eigenvalue weighted by molar-refractivity contribution is 0.0990. The van der Waals surface area contributed by atoms with Crippen molar-refractivity contribution in [3.8, 4) is 17.2 Å². The van der Waals surface area contributed by atoms with Crippen LogP contribution >= 0.6 is 15.9 Å². The summed E-state index contributed by atoms with van der Waals surface area (Å²) >= 11 is 3.38. The van der Waals surface area contributed by atoms with Gasteiger partial charge in [0.15, 0.2) is 11.5 Å². The van der Waals surface area contributed by atoms with Crippen LogP contribution in [0.1, 0.15) is 10.4 Å². The first-order valence-electron chi connectivity index (χ1n) is 6.85. The molecule has 2 aromatic rings. The van der Waals surface area contributed by atoms with Crippen molar-refractivity contribution < 1.29 is 19.0 Å². The topological polar surface area (TPSA) is 48.0 Å². The number of anilines is 1. The van der Waals surface area contributed by atoms with E-state index < -0.39 is 0 Å². The number of hydrogen-bond donors (Lipinski definition) is 0. The summed E-state index contributed by atoms with van der Waals surface area (Å²) in [6.07, 6.45) is 0. The number of amides is 1. The Labute approximate surface area is 143 Å². The maximum absolute atomic E-state index is 12.8. The van der Waals surface area contributed by atoms with E-state index in [1.807, 2.05) is 6.07 Å². The Morgan fingerprint density at radius 1 is 0.913 bits per heavy atom. The summed E-state index contributed by atoms with van der Waals surface area (Å²) < 4.78 is 16.6. The van der Waals surface area contributed by atoms with Crippen LogP contribution < -0.4 is 19.1 Å². The Morgan fingerprint density at radius 3 is 2.13 bits per heavy atom. The molecule has 0 unspecified atom stereocenters. The standard InChI is InChI=1S/C17H18BrNO4/c1-19(12-6-8-15(22-3)16(10-12)23-4)17(20)13-9-11(18)5-7-14(13)21-2/h5-10H,1-4H3. The van der Waals surface area contributed by atoms with Crippen molar-refractivity contribution in [2.24, 2.45) is 0 Å². The number of ether oxygens (including phenoxy) is 3. The molecule has 0 bridgehead atoms. The van der Waals surface area contributed by atoms with Crippen LogP contribution in [0.5, 0.6) is 17.2 Å². The molecular formula is C17H18BrNO4. The van der Waals surface area contributed by atoms with E-state index in [1.165, 1.54) is 12.0 Å². The van der Waals surface area contributed by atoms with E-state index in [4.69, 9.17) is 14.2 Å². The predicted octanol–water partition coefficient (Wildman–Crippen LogP) is 3.75. The molecule has 2 rings (SSSR count). The van der Waals surface area contributed by atoms with Crippen LogP contribution in [0, 0.1) is 0 Å². The minimum absolute atomic E-state index is 0.185. The van der Waals surface area contributed by atoms with Crippen molar-refractivity contribution in [2.75, 3.05) is 33.3 Å². The van der Waals surface area contributed by atoms with Crippen molar-refractivity contribution in [2.45, 2.75) is 0 Å². The second-order valence-electron chi connectivity index (χ2n) is 4.75. The highest BCUT2D eigenvalue weighted by Gasteiger charge is 2.19. The second kappa shape index (κ2) is 7.37. The number of carbonyl (C=O) groups excluding carboxylic acids is 1. The van der Waals surface area contributed by atoms with E-state index in [1.54, 1.807) is 51.6 Å². The molecule has 5 nitrogen and oxygen atoms in total. The highest BCUT2D eigenvalue weighted by atomic mass is 79.9. The molecule has 1 amide bonds. The molecule has 0 aliphatic rings. The highest BCUT2D eigenvalue weighted by Crippen LogP contribution is 2.32. The molecule has 0 fully saturated rings. The van der Waals surface area contributed by atoms with Gasteiger partial charge in [0.1, 0.15) is 5.75 Å². The Bertz CT molecular complexity index is 718.